The van der Waals surface area contributed by atoms with E-state index in [2.05, 4.69) is 19.2 Å². The molecule has 0 saturated carbocycles. The molecular formula is C15H20ClNO4. The van der Waals surface area contributed by atoms with Crippen molar-refractivity contribution < 1.29 is 19.0 Å². The van der Waals surface area contributed by atoms with E-state index in [0.29, 0.717) is 42.1 Å². The quantitative estimate of drug-likeness (QED) is 0.818. The van der Waals surface area contributed by atoms with Crippen molar-refractivity contribution >= 4 is 17.6 Å². The van der Waals surface area contributed by atoms with Crippen LogP contribution in [0.15, 0.2) is 12.1 Å². The first-order valence-corrected chi connectivity index (χ1v) is 7.32. The molecule has 0 aliphatic carbocycles. The first-order valence-electron chi connectivity index (χ1n) is 6.94. The predicted octanol–water partition coefficient (Wildman–Crippen LogP) is 2.54. The highest BCUT2D eigenvalue weighted by Gasteiger charge is 2.30. The van der Waals surface area contributed by atoms with Gasteiger partial charge in [-0.25, -0.2) is 4.79 Å². The number of carbonyl (C=O) groups excluding carboxylic acids is 1. The highest BCUT2D eigenvalue weighted by molar-refractivity contribution is 6.32. The van der Waals surface area contributed by atoms with Gasteiger partial charge in [0.2, 0.25) is 0 Å². The Morgan fingerprint density at radius 1 is 1.48 bits per heavy atom. The molecule has 6 heteroatoms. The lowest BCUT2D eigenvalue weighted by atomic mass is 10.2. The summed E-state index contributed by atoms with van der Waals surface area (Å²) in [4.78, 5) is 11.5. The van der Waals surface area contributed by atoms with Crippen LogP contribution in [0.25, 0.3) is 0 Å². The fourth-order valence-corrected chi connectivity index (χ4v) is 2.32. The zero-order chi connectivity index (χ0) is 15.4. The summed E-state index contributed by atoms with van der Waals surface area (Å²) in [6.45, 7) is 5.20. The van der Waals surface area contributed by atoms with E-state index in [-0.39, 0.29) is 5.97 Å². The SMILES string of the molecule is COc1cc(CNC(C)C)cc(Cl)c1OC1CCOC1=O. The third-order valence-corrected chi connectivity index (χ3v) is 3.43. The normalized spacial score (nSPS) is 18.0. The molecule has 1 fully saturated rings. The number of hydrogen-bond donors (Lipinski definition) is 1. The predicted molar refractivity (Wildman–Crippen MR) is 80.0 cm³/mol. The standard InChI is InChI=1S/C15H20ClNO4/c1-9(2)17-8-10-6-11(16)14(13(7-10)19-3)21-12-4-5-20-15(12)18/h6-7,9,12,17H,4-5,8H2,1-3H3. The van der Waals surface area contributed by atoms with E-state index in [1.54, 1.807) is 7.11 Å². The summed E-state index contributed by atoms with van der Waals surface area (Å²) >= 11 is 6.27. The van der Waals surface area contributed by atoms with Crippen LogP contribution in [0.4, 0.5) is 0 Å². The number of ether oxygens (including phenoxy) is 3. The highest BCUT2D eigenvalue weighted by atomic mass is 35.5. The Bertz CT molecular complexity index is 519. The van der Waals surface area contributed by atoms with Crippen LogP contribution >= 0.6 is 11.6 Å². The van der Waals surface area contributed by atoms with Crippen molar-refractivity contribution in [3.05, 3.63) is 22.7 Å². The molecule has 1 saturated heterocycles. The lowest BCUT2D eigenvalue weighted by Gasteiger charge is -2.17. The maximum atomic E-state index is 11.5. The van der Waals surface area contributed by atoms with Gasteiger partial charge in [-0.15, -0.1) is 0 Å². The van der Waals surface area contributed by atoms with Crippen molar-refractivity contribution in [2.45, 2.75) is 39.0 Å². The van der Waals surface area contributed by atoms with Crippen LogP contribution in [0.3, 0.4) is 0 Å². The largest absolute Gasteiger partial charge is 0.493 e. The van der Waals surface area contributed by atoms with E-state index in [1.165, 1.54) is 0 Å². The average molecular weight is 314 g/mol. The van der Waals surface area contributed by atoms with Crippen LogP contribution in [0.1, 0.15) is 25.8 Å². The van der Waals surface area contributed by atoms with Gasteiger partial charge in [0.1, 0.15) is 0 Å². The topological polar surface area (TPSA) is 56.8 Å². The summed E-state index contributed by atoms with van der Waals surface area (Å²) < 4.78 is 15.9. The Hall–Kier alpha value is -1.46. The highest BCUT2D eigenvalue weighted by Crippen LogP contribution is 2.38. The minimum absolute atomic E-state index is 0.362. The molecule has 0 aromatic heterocycles. The van der Waals surface area contributed by atoms with Crippen LogP contribution in [-0.4, -0.2) is 31.8 Å². The molecule has 1 heterocycles. The fraction of sp³-hybridized carbons (Fsp3) is 0.533. The average Bonchev–Trinajstić information content (AvgIpc) is 2.84. The molecule has 21 heavy (non-hydrogen) atoms. The van der Waals surface area contributed by atoms with Crippen LogP contribution < -0.4 is 14.8 Å². The maximum absolute atomic E-state index is 11.5. The van der Waals surface area contributed by atoms with E-state index in [9.17, 15) is 4.79 Å². The molecule has 0 spiro atoms. The second-order valence-electron chi connectivity index (χ2n) is 5.21. The van der Waals surface area contributed by atoms with Crippen molar-refractivity contribution in [1.82, 2.24) is 5.32 Å². The molecule has 1 aliphatic heterocycles. The van der Waals surface area contributed by atoms with E-state index >= 15 is 0 Å². The summed E-state index contributed by atoms with van der Waals surface area (Å²) in [5, 5.41) is 3.74. The minimum Gasteiger partial charge on any atom is -0.493 e. The molecule has 2 rings (SSSR count). The smallest absolute Gasteiger partial charge is 0.347 e. The van der Waals surface area contributed by atoms with Gasteiger partial charge in [-0.05, 0) is 17.7 Å². The Morgan fingerprint density at radius 3 is 2.81 bits per heavy atom. The van der Waals surface area contributed by atoms with E-state index in [1.807, 2.05) is 12.1 Å². The van der Waals surface area contributed by atoms with Gasteiger partial charge in [-0.1, -0.05) is 25.4 Å². The lowest BCUT2D eigenvalue weighted by Crippen LogP contribution is -2.23. The number of esters is 1. The van der Waals surface area contributed by atoms with E-state index in [4.69, 9.17) is 25.8 Å². The second-order valence-corrected chi connectivity index (χ2v) is 5.61. The van der Waals surface area contributed by atoms with Crippen molar-refractivity contribution in [1.29, 1.82) is 0 Å². The van der Waals surface area contributed by atoms with Crippen LogP contribution in [0.2, 0.25) is 5.02 Å². The number of benzene rings is 1. The molecule has 1 unspecified atom stereocenters. The Kier molecular flexibility index (Phi) is 5.31. The molecule has 1 aliphatic rings. The minimum atomic E-state index is -0.615. The first kappa shape index (κ1) is 15.9. The summed E-state index contributed by atoms with van der Waals surface area (Å²) in [5.41, 5.74) is 0.992. The summed E-state index contributed by atoms with van der Waals surface area (Å²) in [6, 6.07) is 4.05. The molecule has 0 amide bonds. The van der Waals surface area contributed by atoms with Crippen molar-refractivity contribution in [2.75, 3.05) is 13.7 Å². The van der Waals surface area contributed by atoms with E-state index in [0.717, 1.165) is 5.56 Å². The molecule has 0 bridgehead atoms. The molecule has 5 nitrogen and oxygen atoms in total. The van der Waals surface area contributed by atoms with Gasteiger partial charge in [-0.3, -0.25) is 0 Å². The first-order chi connectivity index (χ1) is 10.0. The zero-order valence-electron chi connectivity index (χ0n) is 12.4. The molecule has 1 aromatic carbocycles. The number of cyclic esters (lactones) is 1. The Labute approximate surface area is 129 Å². The molecule has 1 aromatic rings. The summed E-state index contributed by atoms with van der Waals surface area (Å²) in [6.07, 6.45) is -0.0920. The zero-order valence-corrected chi connectivity index (χ0v) is 13.2. The van der Waals surface area contributed by atoms with Crippen LogP contribution in [0.5, 0.6) is 11.5 Å². The number of hydrogen-bond acceptors (Lipinski definition) is 5. The van der Waals surface area contributed by atoms with Gasteiger partial charge in [0.05, 0.1) is 18.7 Å². The number of rotatable bonds is 6. The fourth-order valence-electron chi connectivity index (χ4n) is 2.04. The van der Waals surface area contributed by atoms with Gasteiger partial charge < -0.3 is 19.5 Å². The molecule has 1 atom stereocenters. The van der Waals surface area contributed by atoms with Gasteiger partial charge >= 0.3 is 5.97 Å². The number of halogens is 1. The second kappa shape index (κ2) is 7.00. The number of nitrogens with one attached hydrogen (secondary N) is 1. The van der Waals surface area contributed by atoms with Crippen LogP contribution in [-0.2, 0) is 16.1 Å². The van der Waals surface area contributed by atoms with Crippen LogP contribution in [0, 0.1) is 0 Å². The summed E-state index contributed by atoms with van der Waals surface area (Å²) in [7, 11) is 1.55. The number of carbonyl (C=O) groups is 1. The van der Waals surface area contributed by atoms with Gasteiger partial charge in [0, 0.05) is 19.0 Å². The van der Waals surface area contributed by atoms with Crippen molar-refractivity contribution in [3.8, 4) is 11.5 Å². The third kappa shape index (κ3) is 4.02. The molecular weight excluding hydrogens is 294 g/mol. The molecule has 116 valence electrons. The summed E-state index contributed by atoms with van der Waals surface area (Å²) in [5.74, 6) is 0.540. The monoisotopic (exact) mass is 313 g/mol. The Balaban J connectivity index is 2.18. The molecule has 1 N–H and O–H groups in total. The van der Waals surface area contributed by atoms with Crippen molar-refractivity contribution in [2.24, 2.45) is 0 Å². The lowest BCUT2D eigenvalue weighted by molar-refractivity contribution is -0.143. The van der Waals surface area contributed by atoms with Gasteiger partial charge in [-0.2, -0.15) is 0 Å². The third-order valence-electron chi connectivity index (χ3n) is 3.15. The van der Waals surface area contributed by atoms with Gasteiger partial charge in [0.25, 0.3) is 0 Å². The molecule has 0 radical (unpaired) electrons. The Morgan fingerprint density at radius 2 is 2.24 bits per heavy atom. The van der Waals surface area contributed by atoms with E-state index < -0.39 is 6.10 Å². The van der Waals surface area contributed by atoms with Gasteiger partial charge in [0.15, 0.2) is 17.6 Å². The maximum Gasteiger partial charge on any atom is 0.347 e. The van der Waals surface area contributed by atoms with Crippen molar-refractivity contribution in [3.63, 3.8) is 0 Å². The number of methoxy groups -OCH3 is 1.